The summed E-state index contributed by atoms with van der Waals surface area (Å²) in [5.74, 6) is -0.843. The molecule has 0 bridgehead atoms. The van der Waals surface area contributed by atoms with Crippen LogP contribution in [0.5, 0.6) is 0 Å². The number of anilines is 3. The predicted octanol–water partition coefficient (Wildman–Crippen LogP) is 4.70. The first kappa shape index (κ1) is 19.5. The molecule has 3 rings (SSSR count). The van der Waals surface area contributed by atoms with Crippen molar-refractivity contribution in [3.63, 3.8) is 0 Å². The molecule has 0 unspecified atom stereocenters. The van der Waals surface area contributed by atoms with Gasteiger partial charge in [0.2, 0.25) is 5.91 Å². The normalized spacial score (nSPS) is 10.4. The largest absolute Gasteiger partial charge is 0.369 e. The summed E-state index contributed by atoms with van der Waals surface area (Å²) in [5, 5.41) is 3.26. The molecule has 3 N–H and O–H groups in total. The Hall–Kier alpha value is -3.25. The van der Waals surface area contributed by atoms with Gasteiger partial charge in [0, 0.05) is 5.69 Å². The van der Waals surface area contributed by atoms with Crippen molar-refractivity contribution >= 4 is 40.3 Å². The van der Waals surface area contributed by atoms with Crippen LogP contribution in [0.15, 0.2) is 72.8 Å². The van der Waals surface area contributed by atoms with Gasteiger partial charge in [-0.25, -0.2) is 4.39 Å². The van der Waals surface area contributed by atoms with E-state index < -0.39 is 11.7 Å². The van der Waals surface area contributed by atoms with Gasteiger partial charge in [-0.1, -0.05) is 42.5 Å². The quantitative estimate of drug-likeness (QED) is 0.617. The first-order chi connectivity index (χ1) is 13.5. The van der Waals surface area contributed by atoms with Crippen LogP contribution in [0.25, 0.3) is 0 Å². The molecule has 0 saturated carbocycles. The third-order valence-corrected chi connectivity index (χ3v) is 4.46. The molecule has 4 nitrogen and oxygen atoms in total. The number of carbonyl (C=O) groups is 1. The smallest absolute Gasteiger partial charge is 0.221 e. The van der Waals surface area contributed by atoms with E-state index in [4.69, 9.17) is 18.0 Å². The molecule has 0 aromatic heterocycles. The maximum atomic E-state index is 14.1. The second-order valence-corrected chi connectivity index (χ2v) is 6.74. The van der Waals surface area contributed by atoms with Gasteiger partial charge in [0.25, 0.3) is 0 Å². The number of hydrogen-bond acceptors (Lipinski definition) is 2. The van der Waals surface area contributed by atoms with E-state index in [1.165, 1.54) is 6.07 Å². The number of halogens is 1. The summed E-state index contributed by atoms with van der Waals surface area (Å²) in [6.07, 6.45) is 0.0702. The van der Waals surface area contributed by atoms with E-state index >= 15 is 0 Å². The lowest BCUT2D eigenvalue weighted by Gasteiger charge is -2.28. The number of nitrogens with zero attached hydrogens (tertiary/aromatic N) is 1. The van der Waals surface area contributed by atoms with Gasteiger partial charge in [0.15, 0.2) is 5.11 Å². The lowest BCUT2D eigenvalue weighted by Crippen LogP contribution is -2.32. The van der Waals surface area contributed by atoms with Gasteiger partial charge in [0.1, 0.15) is 5.82 Å². The third kappa shape index (κ3) is 4.53. The zero-order chi connectivity index (χ0) is 20.1. The van der Waals surface area contributed by atoms with Crippen molar-refractivity contribution in [2.45, 2.75) is 13.3 Å². The molecule has 0 atom stereocenters. The molecular weight excluding hydrogens is 373 g/mol. The number of amides is 1. The molecule has 0 heterocycles. The van der Waals surface area contributed by atoms with Crippen molar-refractivity contribution in [1.29, 1.82) is 0 Å². The molecule has 0 aliphatic rings. The van der Waals surface area contributed by atoms with Crippen LogP contribution in [0.2, 0.25) is 0 Å². The van der Waals surface area contributed by atoms with Crippen LogP contribution >= 0.6 is 12.2 Å². The molecule has 0 spiro atoms. The monoisotopic (exact) mass is 393 g/mol. The Morgan fingerprint density at radius 2 is 1.79 bits per heavy atom. The molecular formula is C22H20FN3OS. The molecule has 0 aliphatic heterocycles. The maximum Gasteiger partial charge on any atom is 0.221 e. The van der Waals surface area contributed by atoms with Gasteiger partial charge >= 0.3 is 0 Å². The van der Waals surface area contributed by atoms with Crippen LogP contribution < -0.4 is 16.0 Å². The predicted molar refractivity (Wildman–Crippen MR) is 115 cm³/mol. The van der Waals surface area contributed by atoms with E-state index in [9.17, 15) is 9.18 Å². The van der Waals surface area contributed by atoms with E-state index in [-0.39, 0.29) is 17.2 Å². The van der Waals surface area contributed by atoms with Gasteiger partial charge in [-0.2, -0.15) is 0 Å². The van der Waals surface area contributed by atoms with Crippen LogP contribution in [-0.2, 0) is 11.2 Å². The summed E-state index contributed by atoms with van der Waals surface area (Å²) in [6.45, 7) is 1.98. The lowest BCUT2D eigenvalue weighted by molar-refractivity contribution is -0.117. The summed E-state index contributed by atoms with van der Waals surface area (Å²) in [7, 11) is 0. The number of primary amides is 1. The van der Waals surface area contributed by atoms with Gasteiger partial charge in [0.05, 0.1) is 17.8 Å². The minimum absolute atomic E-state index is 0.0702. The molecule has 0 radical (unpaired) electrons. The number of aryl methyl sites for hydroxylation is 1. The Kier molecular flexibility index (Phi) is 6.01. The fraction of sp³-hybridized carbons (Fsp3) is 0.0909. The summed E-state index contributed by atoms with van der Waals surface area (Å²) >= 11 is 5.63. The lowest BCUT2D eigenvalue weighted by atomic mass is 10.1. The molecule has 3 aromatic rings. The van der Waals surface area contributed by atoms with Crippen molar-refractivity contribution in [3.05, 3.63) is 89.7 Å². The first-order valence-electron chi connectivity index (χ1n) is 8.74. The van der Waals surface area contributed by atoms with E-state index in [1.54, 1.807) is 23.1 Å². The highest BCUT2D eigenvalue weighted by molar-refractivity contribution is 7.80. The van der Waals surface area contributed by atoms with Crippen molar-refractivity contribution in [2.24, 2.45) is 5.73 Å². The molecule has 28 heavy (non-hydrogen) atoms. The molecule has 1 amide bonds. The van der Waals surface area contributed by atoms with E-state index in [0.29, 0.717) is 5.69 Å². The number of benzene rings is 3. The maximum absolute atomic E-state index is 14.1. The average molecular weight is 393 g/mol. The molecule has 0 saturated heterocycles. The van der Waals surface area contributed by atoms with E-state index in [0.717, 1.165) is 16.8 Å². The number of nitrogens with one attached hydrogen (secondary N) is 1. The van der Waals surface area contributed by atoms with Gasteiger partial charge in [-0.15, -0.1) is 0 Å². The van der Waals surface area contributed by atoms with Crippen LogP contribution in [0, 0.1) is 12.7 Å². The summed E-state index contributed by atoms with van der Waals surface area (Å²) in [5.41, 5.74) is 8.98. The fourth-order valence-corrected chi connectivity index (χ4v) is 3.25. The Labute approximate surface area is 168 Å². The zero-order valence-electron chi connectivity index (χ0n) is 15.4. The van der Waals surface area contributed by atoms with E-state index in [1.807, 2.05) is 55.5 Å². The van der Waals surface area contributed by atoms with E-state index in [2.05, 4.69) is 5.32 Å². The van der Waals surface area contributed by atoms with Crippen molar-refractivity contribution < 1.29 is 9.18 Å². The molecule has 3 aromatic carbocycles. The second-order valence-electron chi connectivity index (χ2n) is 6.36. The molecule has 0 fully saturated rings. The Bertz CT molecular complexity index is 1020. The van der Waals surface area contributed by atoms with Crippen LogP contribution in [-0.4, -0.2) is 11.0 Å². The number of para-hydroxylation sites is 2. The van der Waals surface area contributed by atoms with Gasteiger partial charge in [-0.3, -0.25) is 9.69 Å². The standard InChI is InChI=1S/C22H20FN3OS/c1-15-7-6-9-17(13-15)26(20-12-5-2-8-16(20)14-21(24)27)22(28)25-19-11-4-3-10-18(19)23/h2-13H,14H2,1H3,(H2,24,27)(H,25,28). The highest BCUT2D eigenvalue weighted by Gasteiger charge is 2.19. The minimum Gasteiger partial charge on any atom is -0.369 e. The van der Waals surface area contributed by atoms with Gasteiger partial charge < -0.3 is 11.1 Å². The summed E-state index contributed by atoms with van der Waals surface area (Å²) in [4.78, 5) is 13.3. The third-order valence-electron chi connectivity index (χ3n) is 4.18. The Balaban J connectivity index is 2.07. The van der Waals surface area contributed by atoms with Crippen molar-refractivity contribution in [2.75, 3.05) is 10.2 Å². The summed E-state index contributed by atoms with van der Waals surface area (Å²) in [6, 6.07) is 21.5. The van der Waals surface area contributed by atoms with Crippen LogP contribution in [0.3, 0.4) is 0 Å². The fourth-order valence-electron chi connectivity index (χ4n) is 2.93. The zero-order valence-corrected chi connectivity index (χ0v) is 16.2. The molecule has 142 valence electrons. The number of thiocarbonyl (C=S) groups is 1. The number of hydrogen-bond donors (Lipinski definition) is 2. The van der Waals surface area contributed by atoms with Crippen molar-refractivity contribution in [1.82, 2.24) is 0 Å². The minimum atomic E-state index is -0.440. The number of rotatable bonds is 5. The second kappa shape index (κ2) is 8.63. The number of carbonyl (C=O) groups excluding carboxylic acids is 1. The van der Waals surface area contributed by atoms with Gasteiger partial charge in [-0.05, 0) is 60.6 Å². The Morgan fingerprint density at radius 3 is 2.50 bits per heavy atom. The first-order valence-corrected chi connectivity index (χ1v) is 9.15. The molecule has 0 aliphatic carbocycles. The number of nitrogens with two attached hydrogens (primary N) is 1. The van der Waals surface area contributed by atoms with Crippen molar-refractivity contribution in [3.8, 4) is 0 Å². The highest BCUT2D eigenvalue weighted by Crippen LogP contribution is 2.31. The van der Waals surface area contributed by atoms with Crippen LogP contribution in [0.1, 0.15) is 11.1 Å². The topological polar surface area (TPSA) is 58.4 Å². The molecule has 6 heteroatoms. The Morgan fingerprint density at radius 1 is 1.07 bits per heavy atom. The van der Waals surface area contributed by atoms with Crippen LogP contribution in [0.4, 0.5) is 21.5 Å². The average Bonchev–Trinajstić information content (AvgIpc) is 2.65. The SMILES string of the molecule is Cc1cccc(N(C(=S)Nc2ccccc2F)c2ccccc2CC(N)=O)c1. The summed E-state index contributed by atoms with van der Waals surface area (Å²) < 4.78 is 14.1. The highest BCUT2D eigenvalue weighted by atomic mass is 32.1.